The van der Waals surface area contributed by atoms with Crippen molar-refractivity contribution in [2.75, 3.05) is 6.61 Å². The fraction of sp³-hybridized carbons (Fsp3) is 0.167. The monoisotopic (exact) mass is 403 g/mol. The predicted octanol–water partition coefficient (Wildman–Crippen LogP) is 4.52. The number of nitrogens with zero attached hydrogens (tertiary/aromatic N) is 1. The Labute approximate surface area is 174 Å². The second kappa shape index (κ2) is 8.29. The lowest BCUT2D eigenvalue weighted by Crippen LogP contribution is -2.15. The highest BCUT2D eigenvalue weighted by molar-refractivity contribution is 6.11. The first-order valence-corrected chi connectivity index (χ1v) is 9.66. The van der Waals surface area contributed by atoms with Crippen molar-refractivity contribution in [2.24, 2.45) is 0 Å². The lowest BCUT2D eigenvalue weighted by Gasteiger charge is -2.13. The van der Waals surface area contributed by atoms with Crippen molar-refractivity contribution in [3.8, 4) is 11.1 Å². The Bertz CT molecular complexity index is 1160. The summed E-state index contributed by atoms with van der Waals surface area (Å²) < 4.78 is 17.5. The molecule has 0 fully saturated rings. The molecule has 0 aliphatic carbocycles. The molecule has 4 rings (SSSR count). The molecule has 0 radical (unpaired) electrons. The second-order valence-corrected chi connectivity index (χ2v) is 6.81. The molecule has 0 spiro atoms. The fourth-order valence-corrected chi connectivity index (χ4v) is 3.27. The third-order valence-electron chi connectivity index (χ3n) is 4.79. The van der Waals surface area contributed by atoms with Crippen molar-refractivity contribution in [1.29, 1.82) is 0 Å². The molecule has 1 unspecified atom stereocenters. The first kappa shape index (κ1) is 19.5. The van der Waals surface area contributed by atoms with E-state index in [1.54, 1.807) is 30.7 Å². The standard InChI is InChI=1S/C24H21NO5/c1-3-28-24(27)21(15-29-22-13-16(2)23(26)30-22)25-12-11-19-14-18(9-10-20(19)25)17-7-5-4-6-8-17/h4-15,22H,3H2,1-2H3/b21-15-. The molecular formula is C24H21NO5. The Morgan fingerprint density at radius 1 is 1.13 bits per heavy atom. The van der Waals surface area contributed by atoms with Crippen LogP contribution in [0, 0.1) is 0 Å². The molecule has 0 N–H and O–H groups in total. The van der Waals surface area contributed by atoms with Crippen LogP contribution < -0.4 is 0 Å². The van der Waals surface area contributed by atoms with Gasteiger partial charge in [0.1, 0.15) is 6.26 Å². The molecule has 1 aromatic heterocycles. The molecule has 6 nitrogen and oxygen atoms in total. The number of esters is 2. The number of benzene rings is 2. The molecule has 1 aliphatic rings. The Hall–Kier alpha value is -3.80. The summed E-state index contributed by atoms with van der Waals surface area (Å²) in [7, 11) is 0. The topological polar surface area (TPSA) is 66.8 Å². The summed E-state index contributed by atoms with van der Waals surface area (Å²) in [5.41, 5.74) is 3.67. The van der Waals surface area contributed by atoms with Gasteiger partial charge in [0.15, 0.2) is 5.70 Å². The van der Waals surface area contributed by atoms with Crippen LogP contribution in [-0.2, 0) is 23.8 Å². The first-order valence-electron chi connectivity index (χ1n) is 9.66. The predicted molar refractivity (Wildman–Crippen MR) is 113 cm³/mol. The Morgan fingerprint density at radius 3 is 2.63 bits per heavy atom. The van der Waals surface area contributed by atoms with Gasteiger partial charge < -0.3 is 18.8 Å². The third-order valence-corrected chi connectivity index (χ3v) is 4.79. The Morgan fingerprint density at radius 2 is 1.93 bits per heavy atom. The first-order chi connectivity index (χ1) is 14.6. The molecule has 152 valence electrons. The zero-order chi connectivity index (χ0) is 21.1. The van der Waals surface area contributed by atoms with E-state index >= 15 is 0 Å². The van der Waals surface area contributed by atoms with E-state index in [-0.39, 0.29) is 12.3 Å². The fourth-order valence-electron chi connectivity index (χ4n) is 3.27. The summed E-state index contributed by atoms with van der Waals surface area (Å²) in [6.07, 6.45) is 3.75. The second-order valence-electron chi connectivity index (χ2n) is 6.81. The van der Waals surface area contributed by atoms with Gasteiger partial charge in [-0.15, -0.1) is 0 Å². The molecule has 6 heteroatoms. The van der Waals surface area contributed by atoms with E-state index in [9.17, 15) is 9.59 Å². The molecule has 2 heterocycles. The van der Waals surface area contributed by atoms with Gasteiger partial charge >= 0.3 is 11.9 Å². The number of aromatic nitrogens is 1. The number of fused-ring (bicyclic) bond motifs is 1. The highest BCUT2D eigenvalue weighted by atomic mass is 16.7. The summed E-state index contributed by atoms with van der Waals surface area (Å²) in [5.74, 6) is -0.974. The van der Waals surface area contributed by atoms with Crippen LogP contribution >= 0.6 is 0 Å². The normalized spacial score (nSPS) is 16.3. The van der Waals surface area contributed by atoms with Crippen molar-refractivity contribution in [2.45, 2.75) is 20.1 Å². The van der Waals surface area contributed by atoms with Crippen LogP contribution in [0.25, 0.3) is 27.7 Å². The SMILES string of the molecule is CCOC(=O)/C(=C/OC1C=C(C)C(=O)O1)n1ccc2cc(-c3ccccc3)ccc21. The Kier molecular flexibility index (Phi) is 5.39. The minimum atomic E-state index is -0.867. The summed E-state index contributed by atoms with van der Waals surface area (Å²) in [6, 6.07) is 18.0. The highest BCUT2D eigenvalue weighted by Gasteiger charge is 2.24. The lowest BCUT2D eigenvalue weighted by atomic mass is 10.0. The van der Waals surface area contributed by atoms with Crippen LogP contribution in [0.2, 0.25) is 0 Å². The number of hydrogen-bond donors (Lipinski definition) is 0. The van der Waals surface area contributed by atoms with Crippen LogP contribution in [0.5, 0.6) is 0 Å². The molecule has 30 heavy (non-hydrogen) atoms. The van der Waals surface area contributed by atoms with Crippen molar-refractivity contribution in [3.05, 3.63) is 78.7 Å². The van der Waals surface area contributed by atoms with Gasteiger partial charge in [-0.2, -0.15) is 0 Å². The molecule has 3 aromatic rings. The van der Waals surface area contributed by atoms with Gasteiger partial charge in [-0.25, -0.2) is 9.59 Å². The number of ether oxygens (including phenoxy) is 3. The maximum atomic E-state index is 12.6. The van der Waals surface area contributed by atoms with Gasteiger partial charge in [0.25, 0.3) is 6.29 Å². The molecular weight excluding hydrogens is 382 g/mol. The van der Waals surface area contributed by atoms with Crippen molar-refractivity contribution in [1.82, 2.24) is 4.57 Å². The maximum absolute atomic E-state index is 12.6. The lowest BCUT2D eigenvalue weighted by molar-refractivity contribution is -0.152. The van der Waals surface area contributed by atoms with E-state index in [2.05, 4.69) is 6.07 Å². The third kappa shape index (κ3) is 3.85. The van der Waals surface area contributed by atoms with Crippen LogP contribution in [0.3, 0.4) is 0 Å². The summed E-state index contributed by atoms with van der Waals surface area (Å²) in [4.78, 5) is 24.1. The molecule has 0 saturated heterocycles. The van der Waals surface area contributed by atoms with E-state index < -0.39 is 18.2 Å². The van der Waals surface area contributed by atoms with E-state index in [0.29, 0.717) is 5.57 Å². The van der Waals surface area contributed by atoms with E-state index in [0.717, 1.165) is 22.0 Å². The molecule has 1 aliphatic heterocycles. The Balaban J connectivity index is 1.69. The number of cyclic esters (lactones) is 1. The zero-order valence-corrected chi connectivity index (χ0v) is 16.7. The number of carbonyl (C=O) groups excluding carboxylic acids is 2. The van der Waals surface area contributed by atoms with E-state index in [4.69, 9.17) is 14.2 Å². The smallest absolute Gasteiger partial charge is 0.358 e. The number of rotatable bonds is 6. The minimum Gasteiger partial charge on any atom is -0.461 e. The average Bonchev–Trinajstić information content (AvgIpc) is 3.31. The van der Waals surface area contributed by atoms with Crippen LogP contribution in [-0.4, -0.2) is 29.4 Å². The van der Waals surface area contributed by atoms with Gasteiger partial charge in [0, 0.05) is 23.2 Å². The van der Waals surface area contributed by atoms with Gasteiger partial charge in [-0.05, 0) is 43.2 Å². The molecule has 1 atom stereocenters. The quantitative estimate of drug-likeness (QED) is 0.344. The zero-order valence-electron chi connectivity index (χ0n) is 16.7. The summed E-state index contributed by atoms with van der Waals surface area (Å²) >= 11 is 0. The van der Waals surface area contributed by atoms with Crippen LogP contribution in [0.15, 0.2) is 78.7 Å². The van der Waals surface area contributed by atoms with Gasteiger partial charge in [0.2, 0.25) is 0 Å². The molecule has 0 amide bonds. The van der Waals surface area contributed by atoms with Crippen LogP contribution in [0.1, 0.15) is 13.8 Å². The largest absolute Gasteiger partial charge is 0.461 e. The van der Waals surface area contributed by atoms with Crippen LogP contribution in [0.4, 0.5) is 0 Å². The van der Waals surface area contributed by atoms with Crippen molar-refractivity contribution in [3.63, 3.8) is 0 Å². The maximum Gasteiger partial charge on any atom is 0.358 e. The summed E-state index contributed by atoms with van der Waals surface area (Å²) in [6.45, 7) is 3.61. The number of hydrogen-bond acceptors (Lipinski definition) is 5. The molecule has 2 aromatic carbocycles. The van der Waals surface area contributed by atoms with Gasteiger partial charge in [-0.1, -0.05) is 36.4 Å². The molecule has 0 saturated carbocycles. The summed E-state index contributed by atoms with van der Waals surface area (Å²) in [5, 5.41) is 0.967. The molecule has 0 bridgehead atoms. The van der Waals surface area contributed by atoms with Crippen molar-refractivity contribution < 1.29 is 23.8 Å². The minimum absolute atomic E-state index is 0.188. The van der Waals surface area contributed by atoms with Gasteiger partial charge in [0.05, 0.1) is 12.1 Å². The van der Waals surface area contributed by atoms with Gasteiger partial charge in [-0.3, -0.25) is 0 Å². The van der Waals surface area contributed by atoms with E-state index in [1.165, 1.54) is 6.26 Å². The van der Waals surface area contributed by atoms with Crippen molar-refractivity contribution >= 4 is 28.5 Å². The highest BCUT2D eigenvalue weighted by Crippen LogP contribution is 2.27. The van der Waals surface area contributed by atoms with E-state index in [1.807, 2.05) is 48.5 Å². The number of carbonyl (C=O) groups is 2. The average molecular weight is 403 g/mol.